The maximum Gasteiger partial charge on any atom is 0.315 e. The van der Waals surface area contributed by atoms with Crippen molar-refractivity contribution in [1.29, 1.82) is 0 Å². The van der Waals surface area contributed by atoms with Crippen molar-refractivity contribution < 1.29 is 14.3 Å². The Morgan fingerprint density at radius 1 is 1.13 bits per heavy atom. The lowest BCUT2D eigenvalue weighted by molar-refractivity contribution is 0.240. The predicted octanol–water partition coefficient (Wildman–Crippen LogP) is 3.47. The van der Waals surface area contributed by atoms with Gasteiger partial charge in [-0.2, -0.15) is 0 Å². The summed E-state index contributed by atoms with van der Waals surface area (Å²) < 4.78 is 10.5. The molecule has 0 atom stereocenters. The highest BCUT2D eigenvalue weighted by Gasteiger charge is 2.14. The fourth-order valence-electron chi connectivity index (χ4n) is 3.13. The zero-order valence-corrected chi connectivity index (χ0v) is 14.2. The minimum atomic E-state index is -0.119. The summed E-state index contributed by atoms with van der Waals surface area (Å²) in [7, 11) is 3.21. The Labute approximate surface area is 138 Å². The highest BCUT2D eigenvalue weighted by molar-refractivity contribution is 5.73. The van der Waals surface area contributed by atoms with Gasteiger partial charge in [-0.1, -0.05) is 31.7 Å². The number of carbonyl (C=O) groups excluding carboxylic acids is 1. The van der Waals surface area contributed by atoms with Gasteiger partial charge in [0, 0.05) is 13.1 Å². The summed E-state index contributed by atoms with van der Waals surface area (Å²) in [5.74, 6) is 2.24. The van der Waals surface area contributed by atoms with Crippen molar-refractivity contribution in [2.45, 2.75) is 45.1 Å². The Hall–Kier alpha value is -1.91. The first-order valence-electron chi connectivity index (χ1n) is 8.45. The zero-order valence-electron chi connectivity index (χ0n) is 14.2. The first-order chi connectivity index (χ1) is 11.2. The van der Waals surface area contributed by atoms with Crippen molar-refractivity contribution >= 4 is 6.03 Å². The molecule has 23 heavy (non-hydrogen) atoms. The fraction of sp³-hybridized carbons (Fsp3) is 0.611. The summed E-state index contributed by atoms with van der Waals surface area (Å²) in [6, 6.07) is 5.52. The standard InChI is InChI=1S/C18H28N2O3/c1-22-16-10-9-15(12-17(16)23-2)13-20-18(21)19-11-5-8-14-6-3-4-7-14/h9-10,12,14H,3-8,11,13H2,1-2H3,(H2,19,20,21). The third-order valence-corrected chi connectivity index (χ3v) is 4.45. The molecule has 0 aliphatic heterocycles. The molecule has 2 rings (SSSR count). The summed E-state index contributed by atoms with van der Waals surface area (Å²) in [5.41, 5.74) is 0.976. The van der Waals surface area contributed by atoms with Crippen LogP contribution >= 0.6 is 0 Å². The molecule has 128 valence electrons. The van der Waals surface area contributed by atoms with E-state index in [9.17, 15) is 4.79 Å². The van der Waals surface area contributed by atoms with Gasteiger partial charge in [-0.25, -0.2) is 4.79 Å². The van der Waals surface area contributed by atoms with Gasteiger partial charge in [0.05, 0.1) is 14.2 Å². The molecule has 1 saturated carbocycles. The van der Waals surface area contributed by atoms with Gasteiger partial charge in [-0.15, -0.1) is 0 Å². The third kappa shape index (κ3) is 5.66. The Bertz CT molecular complexity index is 499. The second-order valence-electron chi connectivity index (χ2n) is 6.09. The largest absolute Gasteiger partial charge is 0.493 e. The van der Waals surface area contributed by atoms with Crippen LogP contribution in [0.25, 0.3) is 0 Å². The van der Waals surface area contributed by atoms with Crippen molar-refractivity contribution in [3.8, 4) is 11.5 Å². The van der Waals surface area contributed by atoms with Gasteiger partial charge >= 0.3 is 6.03 Å². The molecule has 0 heterocycles. The number of ether oxygens (including phenoxy) is 2. The van der Waals surface area contributed by atoms with Crippen LogP contribution in [-0.2, 0) is 6.54 Å². The van der Waals surface area contributed by atoms with Crippen molar-refractivity contribution in [2.75, 3.05) is 20.8 Å². The molecule has 0 saturated heterocycles. The van der Waals surface area contributed by atoms with E-state index in [1.165, 1.54) is 32.1 Å². The van der Waals surface area contributed by atoms with E-state index in [4.69, 9.17) is 9.47 Å². The fourth-order valence-corrected chi connectivity index (χ4v) is 3.13. The number of carbonyl (C=O) groups is 1. The van der Waals surface area contributed by atoms with Gasteiger partial charge in [-0.05, 0) is 36.5 Å². The maximum absolute atomic E-state index is 11.8. The summed E-state index contributed by atoms with van der Waals surface area (Å²) in [6.45, 7) is 1.21. The number of hydrogen-bond acceptors (Lipinski definition) is 3. The van der Waals surface area contributed by atoms with Crippen molar-refractivity contribution in [2.24, 2.45) is 5.92 Å². The number of urea groups is 1. The minimum absolute atomic E-state index is 0.119. The molecule has 5 heteroatoms. The van der Waals surface area contributed by atoms with Gasteiger partial charge in [0.2, 0.25) is 0 Å². The summed E-state index contributed by atoms with van der Waals surface area (Å²) >= 11 is 0. The number of benzene rings is 1. The lowest BCUT2D eigenvalue weighted by Gasteiger charge is -2.12. The topological polar surface area (TPSA) is 59.6 Å². The van der Waals surface area contributed by atoms with E-state index < -0.39 is 0 Å². The molecule has 1 aliphatic carbocycles. The highest BCUT2D eigenvalue weighted by atomic mass is 16.5. The quantitative estimate of drug-likeness (QED) is 0.721. The SMILES string of the molecule is COc1ccc(CNC(=O)NCCCC2CCCC2)cc1OC. The normalized spacial score (nSPS) is 14.5. The van der Waals surface area contributed by atoms with Crippen LogP contribution in [0.2, 0.25) is 0 Å². The minimum Gasteiger partial charge on any atom is -0.493 e. The van der Waals surface area contributed by atoms with Gasteiger partial charge in [0.1, 0.15) is 0 Å². The van der Waals surface area contributed by atoms with Crippen molar-refractivity contribution in [1.82, 2.24) is 10.6 Å². The van der Waals surface area contributed by atoms with E-state index in [0.717, 1.165) is 24.4 Å². The second kappa shape index (κ2) is 9.28. The van der Waals surface area contributed by atoms with Crippen LogP contribution in [-0.4, -0.2) is 26.8 Å². The number of rotatable bonds is 8. The molecule has 0 aromatic heterocycles. The van der Waals surface area contributed by atoms with E-state index >= 15 is 0 Å². The number of nitrogens with one attached hydrogen (secondary N) is 2. The van der Waals surface area contributed by atoms with Crippen molar-refractivity contribution in [3.05, 3.63) is 23.8 Å². The summed E-state index contributed by atoms with van der Waals surface area (Å²) in [5, 5.41) is 5.79. The second-order valence-corrected chi connectivity index (χ2v) is 6.09. The molecule has 1 fully saturated rings. The van der Waals surface area contributed by atoms with E-state index in [1.807, 2.05) is 18.2 Å². The molecular weight excluding hydrogens is 292 g/mol. The van der Waals surface area contributed by atoms with Crippen LogP contribution in [0.1, 0.15) is 44.1 Å². The molecule has 1 aromatic rings. The van der Waals surface area contributed by atoms with E-state index in [2.05, 4.69) is 10.6 Å². The molecule has 0 radical (unpaired) electrons. The first kappa shape index (κ1) is 17.4. The molecule has 2 N–H and O–H groups in total. The Morgan fingerprint density at radius 2 is 1.87 bits per heavy atom. The first-order valence-corrected chi connectivity index (χ1v) is 8.45. The molecular formula is C18H28N2O3. The Morgan fingerprint density at radius 3 is 2.57 bits per heavy atom. The zero-order chi connectivity index (χ0) is 16.5. The lowest BCUT2D eigenvalue weighted by Crippen LogP contribution is -2.35. The Kier molecular flexibility index (Phi) is 7.04. The van der Waals surface area contributed by atoms with Gasteiger partial charge in [0.25, 0.3) is 0 Å². The highest BCUT2D eigenvalue weighted by Crippen LogP contribution is 2.28. The molecule has 0 unspecified atom stereocenters. The van der Waals surface area contributed by atoms with E-state index in [0.29, 0.717) is 18.0 Å². The van der Waals surface area contributed by atoms with Gasteiger partial charge in [0.15, 0.2) is 11.5 Å². The molecule has 1 aromatic carbocycles. The smallest absolute Gasteiger partial charge is 0.315 e. The van der Waals surface area contributed by atoms with Crippen LogP contribution in [0.3, 0.4) is 0 Å². The molecule has 0 spiro atoms. The number of hydrogen-bond donors (Lipinski definition) is 2. The number of amides is 2. The molecule has 5 nitrogen and oxygen atoms in total. The van der Waals surface area contributed by atoms with Gasteiger partial charge < -0.3 is 20.1 Å². The summed E-state index contributed by atoms with van der Waals surface area (Å²) in [4.78, 5) is 11.8. The third-order valence-electron chi connectivity index (χ3n) is 4.45. The molecule has 1 aliphatic rings. The van der Waals surface area contributed by atoms with E-state index in [1.54, 1.807) is 14.2 Å². The van der Waals surface area contributed by atoms with Crippen molar-refractivity contribution in [3.63, 3.8) is 0 Å². The van der Waals surface area contributed by atoms with Crippen LogP contribution in [0.4, 0.5) is 4.79 Å². The maximum atomic E-state index is 11.8. The van der Waals surface area contributed by atoms with E-state index in [-0.39, 0.29) is 6.03 Å². The lowest BCUT2D eigenvalue weighted by atomic mass is 10.0. The average molecular weight is 320 g/mol. The van der Waals surface area contributed by atoms with Crippen LogP contribution in [0.15, 0.2) is 18.2 Å². The molecule has 0 bridgehead atoms. The van der Waals surface area contributed by atoms with Gasteiger partial charge in [-0.3, -0.25) is 0 Å². The summed E-state index contributed by atoms with van der Waals surface area (Å²) in [6.07, 6.45) is 7.79. The predicted molar refractivity (Wildman–Crippen MR) is 91.0 cm³/mol. The van der Waals surface area contributed by atoms with Crippen LogP contribution in [0, 0.1) is 5.92 Å². The average Bonchev–Trinajstić information content (AvgIpc) is 3.10. The van der Waals surface area contributed by atoms with Crippen LogP contribution < -0.4 is 20.1 Å². The number of methoxy groups -OCH3 is 2. The molecule has 2 amide bonds. The monoisotopic (exact) mass is 320 g/mol. The van der Waals surface area contributed by atoms with Crippen LogP contribution in [0.5, 0.6) is 11.5 Å². The Balaban J connectivity index is 1.65.